The standard InChI is InChI=1S/C16H22N2O4.C2H6/c1-3-4-11-17-14(19)9-10-15(20)18-13-8-6-5-7-12(13)16(21)22-2;1-2/h5-8H,3-4,9-11H2,1-2H3,(H,17,19)(H,18,20);1-2H3. The molecule has 0 aliphatic rings. The van der Waals surface area contributed by atoms with E-state index in [2.05, 4.69) is 15.4 Å². The predicted molar refractivity (Wildman–Crippen MR) is 94.9 cm³/mol. The van der Waals surface area contributed by atoms with Crippen LogP contribution in [0.3, 0.4) is 0 Å². The van der Waals surface area contributed by atoms with E-state index in [1.807, 2.05) is 20.8 Å². The maximum Gasteiger partial charge on any atom is 0.339 e. The van der Waals surface area contributed by atoms with Gasteiger partial charge < -0.3 is 15.4 Å². The van der Waals surface area contributed by atoms with Crippen molar-refractivity contribution in [3.05, 3.63) is 29.8 Å². The van der Waals surface area contributed by atoms with Crippen LogP contribution in [0.2, 0.25) is 0 Å². The molecule has 134 valence electrons. The van der Waals surface area contributed by atoms with Gasteiger partial charge in [0.05, 0.1) is 18.4 Å². The molecule has 0 unspecified atom stereocenters. The number of hydrogen-bond acceptors (Lipinski definition) is 4. The van der Waals surface area contributed by atoms with Crippen molar-refractivity contribution in [3.63, 3.8) is 0 Å². The van der Waals surface area contributed by atoms with Gasteiger partial charge in [0.25, 0.3) is 0 Å². The molecule has 6 heteroatoms. The molecule has 6 nitrogen and oxygen atoms in total. The van der Waals surface area contributed by atoms with Gasteiger partial charge in [-0.1, -0.05) is 39.3 Å². The molecular formula is C18H28N2O4. The van der Waals surface area contributed by atoms with Crippen molar-refractivity contribution in [3.8, 4) is 0 Å². The summed E-state index contributed by atoms with van der Waals surface area (Å²) in [5.41, 5.74) is 0.663. The molecule has 1 aromatic rings. The van der Waals surface area contributed by atoms with Crippen molar-refractivity contribution < 1.29 is 19.1 Å². The average molecular weight is 336 g/mol. The van der Waals surface area contributed by atoms with Crippen molar-refractivity contribution in [1.82, 2.24) is 5.32 Å². The number of ether oxygens (including phenoxy) is 1. The van der Waals surface area contributed by atoms with Gasteiger partial charge in [-0.15, -0.1) is 0 Å². The normalized spacial score (nSPS) is 9.33. The number of hydrogen-bond donors (Lipinski definition) is 2. The van der Waals surface area contributed by atoms with Crippen molar-refractivity contribution in [2.24, 2.45) is 0 Å². The second-order valence-corrected chi connectivity index (χ2v) is 4.79. The van der Waals surface area contributed by atoms with Crippen LogP contribution in [0.1, 0.15) is 56.8 Å². The Labute approximate surface area is 144 Å². The SMILES string of the molecule is CC.CCCCNC(=O)CCC(=O)Nc1ccccc1C(=O)OC. The van der Waals surface area contributed by atoms with E-state index in [1.54, 1.807) is 24.3 Å². The van der Waals surface area contributed by atoms with Crippen molar-refractivity contribution in [2.75, 3.05) is 19.0 Å². The van der Waals surface area contributed by atoms with E-state index in [-0.39, 0.29) is 30.2 Å². The molecule has 2 amide bonds. The second-order valence-electron chi connectivity index (χ2n) is 4.79. The van der Waals surface area contributed by atoms with Crippen LogP contribution < -0.4 is 10.6 Å². The molecule has 0 aliphatic carbocycles. The van der Waals surface area contributed by atoms with Crippen LogP contribution in [0.4, 0.5) is 5.69 Å². The zero-order chi connectivity index (χ0) is 18.4. The Hall–Kier alpha value is -2.37. The number of para-hydroxylation sites is 1. The molecule has 0 fully saturated rings. The molecule has 0 bridgehead atoms. The molecule has 0 atom stereocenters. The van der Waals surface area contributed by atoms with E-state index < -0.39 is 5.97 Å². The topological polar surface area (TPSA) is 84.5 Å². The average Bonchev–Trinajstić information content (AvgIpc) is 2.61. The summed E-state index contributed by atoms with van der Waals surface area (Å²) < 4.78 is 4.66. The molecule has 24 heavy (non-hydrogen) atoms. The minimum Gasteiger partial charge on any atom is -0.465 e. The highest BCUT2D eigenvalue weighted by atomic mass is 16.5. The minimum absolute atomic E-state index is 0.0630. The lowest BCUT2D eigenvalue weighted by atomic mass is 10.1. The molecular weight excluding hydrogens is 308 g/mol. The van der Waals surface area contributed by atoms with Gasteiger partial charge in [0.2, 0.25) is 11.8 Å². The summed E-state index contributed by atoms with van der Waals surface area (Å²) in [6.45, 7) is 6.67. The lowest BCUT2D eigenvalue weighted by Crippen LogP contribution is -2.25. The Bertz CT molecular complexity index is 530. The fourth-order valence-electron chi connectivity index (χ4n) is 1.81. The third-order valence-electron chi connectivity index (χ3n) is 3.04. The Morgan fingerprint density at radius 1 is 1.04 bits per heavy atom. The first-order chi connectivity index (χ1) is 11.6. The summed E-state index contributed by atoms with van der Waals surface area (Å²) in [6, 6.07) is 6.58. The van der Waals surface area contributed by atoms with Gasteiger partial charge in [-0.3, -0.25) is 9.59 Å². The number of carbonyl (C=O) groups excluding carboxylic acids is 3. The zero-order valence-electron chi connectivity index (χ0n) is 15.0. The van der Waals surface area contributed by atoms with Crippen LogP contribution in [0.15, 0.2) is 24.3 Å². The van der Waals surface area contributed by atoms with Gasteiger partial charge in [-0.05, 0) is 18.6 Å². The molecule has 0 aliphatic heterocycles. The molecule has 0 saturated heterocycles. The predicted octanol–water partition coefficient (Wildman–Crippen LogP) is 3.13. The fourth-order valence-corrected chi connectivity index (χ4v) is 1.81. The van der Waals surface area contributed by atoms with E-state index in [1.165, 1.54) is 7.11 Å². The van der Waals surface area contributed by atoms with Crippen LogP contribution >= 0.6 is 0 Å². The van der Waals surface area contributed by atoms with Crippen molar-refractivity contribution in [2.45, 2.75) is 46.5 Å². The Morgan fingerprint density at radius 2 is 1.67 bits per heavy atom. The Kier molecular flexibility index (Phi) is 11.8. The lowest BCUT2D eigenvalue weighted by Gasteiger charge is -2.09. The third kappa shape index (κ3) is 8.31. The number of nitrogens with one attached hydrogen (secondary N) is 2. The number of benzene rings is 1. The van der Waals surface area contributed by atoms with Gasteiger partial charge in [0.15, 0.2) is 0 Å². The highest BCUT2D eigenvalue weighted by Gasteiger charge is 2.13. The molecule has 1 aromatic carbocycles. The first-order valence-corrected chi connectivity index (χ1v) is 8.32. The van der Waals surface area contributed by atoms with Gasteiger partial charge in [-0.25, -0.2) is 4.79 Å². The van der Waals surface area contributed by atoms with E-state index in [0.717, 1.165) is 12.8 Å². The third-order valence-corrected chi connectivity index (χ3v) is 3.04. The van der Waals surface area contributed by atoms with Crippen LogP contribution in [0, 0.1) is 0 Å². The van der Waals surface area contributed by atoms with E-state index >= 15 is 0 Å². The van der Waals surface area contributed by atoms with Crippen LogP contribution in [0.5, 0.6) is 0 Å². The number of amides is 2. The summed E-state index contributed by atoms with van der Waals surface area (Å²) in [5, 5.41) is 5.38. The van der Waals surface area contributed by atoms with Crippen LogP contribution in [-0.4, -0.2) is 31.4 Å². The summed E-state index contributed by atoms with van der Waals surface area (Å²) in [5.74, 6) is -0.986. The number of anilines is 1. The quantitative estimate of drug-likeness (QED) is 0.564. The molecule has 0 radical (unpaired) electrons. The second kappa shape index (κ2) is 13.1. The fraction of sp³-hybridized carbons (Fsp3) is 0.500. The van der Waals surface area contributed by atoms with Gasteiger partial charge in [0.1, 0.15) is 0 Å². The highest BCUT2D eigenvalue weighted by Crippen LogP contribution is 2.16. The van der Waals surface area contributed by atoms with Gasteiger partial charge in [-0.2, -0.15) is 0 Å². The first kappa shape index (κ1) is 21.6. The summed E-state index contributed by atoms with van der Waals surface area (Å²) in [7, 11) is 1.28. The highest BCUT2D eigenvalue weighted by molar-refractivity contribution is 6.01. The Morgan fingerprint density at radius 3 is 2.29 bits per heavy atom. The van der Waals surface area contributed by atoms with Crippen molar-refractivity contribution in [1.29, 1.82) is 0 Å². The van der Waals surface area contributed by atoms with E-state index in [4.69, 9.17) is 0 Å². The molecule has 0 aromatic heterocycles. The van der Waals surface area contributed by atoms with Crippen LogP contribution in [-0.2, 0) is 14.3 Å². The maximum atomic E-state index is 11.9. The number of methoxy groups -OCH3 is 1. The van der Waals surface area contributed by atoms with Gasteiger partial charge in [0, 0.05) is 19.4 Å². The first-order valence-electron chi connectivity index (χ1n) is 8.32. The Balaban J connectivity index is 0.00000254. The lowest BCUT2D eigenvalue weighted by molar-refractivity contribution is -0.124. The minimum atomic E-state index is -0.520. The number of rotatable bonds is 8. The smallest absolute Gasteiger partial charge is 0.339 e. The summed E-state index contributed by atoms with van der Waals surface area (Å²) >= 11 is 0. The van der Waals surface area contributed by atoms with Gasteiger partial charge >= 0.3 is 5.97 Å². The zero-order valence-corrected chi connectivity index (χ0v) is 15.0. The number of esters is 1. The number of carbonyl (C=O) groups is 3. The molecule has 0 heterocycles. The van der Waals surface area contributed by atoms with E-state index in [0.29, 0.717) is 12.2 Å². The molecule has 0 spiro atoms. The molecule has 0 saturated carbocycles. The molecule has 1 rings (SSSR count). The van der Waals surface area contributed by atoms with Crippen molar-refractivity contribution >= 4 is 23.5 Å². The summed E-state index contributed by atoms with van der Waals surface area (Å²) in [4.78, 5) is 35.0. The molecule has 2 N–H and O–H groups in total. The monoisotopic (exact) mass is 336 g/mol. The largest absolute Gasteiger partial charge is 0.465 e. The van der Waals surface area contributed by atoms with Crippen LogP contribution in [0.25, 0.3) is 0 Å². The number of unbranched alkanes of at least 4 members (excludes halogenated alkanes) is 1. The van der Waals surface area contributed by atoms with E-state index in [9.17, 15) is 14.4 Å². The maximum absolute atomic E-state index is 11.9. The summed E-state index contributed by atoms with van der Waals surface area (Å²) in [6.07, 6.45) is 2.11.